The van der Waals surface area contributed by atoms with Crippen LogP contribution in [0.2, 0.25) is 0 Å². The average Bonchev–Trinajstić information content (AvgIpc) is 3.64. The third kappa shape index (κ3) is 5.03. The highest BCUT2D eigenvalue weighted by atomic mass is 19.4. The number of aryl methyl sites for hydroxylation is 1. The van der Waals surface area contributed by atoms with Gasteiger partial charge in [0.25, 0.3) is 5.91 Å². The molecule has 2 aromatic heterocycles. The number of hydrogen-bond donors (Lipinski definition) is 1. The molecule has 7 nitrogen and oxygen atoms in total. The first kappa shape index (κ1) is 24.8. The number of fused-ring (bicyclic) bond motifs is 1. The Morgan fingerprint density at radius 2 is 1.92 bits per heavy atom. The zero-order valence-electron chi connectivity index (χ0n) is 20.3. The molecule has 3 heterocycles. The number of likely N-dealkylation sites (tertiary alicyclic amines) is 1. The van der Waals surface area contributed by atoms with Gasteiger partial charge in [0.2, 0.25) is 5.91 Å². The van der Waals surface area contributed by atoms with Gasteiger partial charge in [-0.25, -0.2) is 4.98 Å². The number of anilines is 1. The molecule has 192 valence electrons. The number of nitriles is 1. The molecule has 1 aliphatic heterocycles. The lowest BCUT2D eigenvalue weighted by molar-refractivity contribution is -0.135. The number of alkyl halides is 3. The summed E-state index contributed by atoms with van der Waals surface area (Å²) in [5, 5.41) is 11.4. The van der Waals surface area contributed by atoms with Gasteiger partial charge >= 0.3 is 6.18 Å². The zero-order chi connectivity index (χ0) is 26.3. The lowest BCUT2D eigenvalue weighted by Gasteiger charge is -2.32. The number of amides is 2. The highest BCUT2D eigenvalue weighted by Gasteiger charge is 2.40. The fourth-order valence-electron chi connectivity index (χ4n) is 5.14. The van der Waals surface area contributed by atoms with Crippen LogP contribution >= 0.6 is 0 Å². The van der Waals surface area contributed by atoms with Crippen LogP contribution in [0, 0.1) is 17.2 Å². The first-order valence-corrected chi connectivity index (χ1v) is 12.3. The lowest BCUT2D eigenvalue weighted by atomic mass is 9.88. The molecule has 1 aliphatic carbocycles. The van der Waals surface area contributed by atoms with E-state index in [0.717, 1.165) is 19.0 Å². The molecule has 0 spiro atoms. The van der Waals surface area contributed by atoms with E-state index >= 15 is 0 Å². The number of nitrogens with zero attached hydrogens (tertiary/aromatic N) is 4. The molecule has 37 heavy (non-hydrogen) atoms. The fraction of sp³-hybridized carbons (Fsp3) is 0.407. The molecule has 2 aliphatic rings. The second kappa shape index (κ2) is 9.54. The maximum atomic E-state index is 14.5. The van der Waals surface area contributed by atoms with Crippen molar-refractivity contribution in [1.29, 1.82) is 5.26 Å². The highest BCUT2D eigenvalue weighted by molar-refractivity contribution is 6.06. The molecule has 1 aromatic carbocycles. The summed E-state index contributed by atoms with van der Waals surface area (Å²) in [5.74, 6) is -0.319. The number of piperidine rings is 1. The molecule has 1 saturated carbocycles. The topological polar surface area (TPSA) is 91.0 Å². The lowest BCUT2D eigenvalue weighted by Crippen LogP contribution is -2.38. The minimum Gasteiger partial charge on any atom is -0.343 e. The van der Waals surface area contributed by atoms with Crippen molar-refractivity contribution in [2.75, 3.05) is 18.4 Å². The van der Waals surface area contributed by atoms with Gasteiger partial charge in [0.1, 0.15) is 5.65 Å². The van der Waals surface area contributed by atoms with E-state index in [-0.39, 0.29) is 34.0 Å². The number of rotatable bonds is 5. The number of benzene rings is 1. The van der Waals surface area contributed by atoms with Gasteiger partial charge < -0.3 is 14.8 Å². The Morgan fingerprint density at radius 3 is 2.57 bits per heavy atom. The van der Waals surface area contributed by atoms with Gasteiger partial charge in [0, 0.05) is 43.7 Å². The number of halogens is 3. The van der Waals surface area contributed by atoms with Crippen LogP contribution in [0.1, 0.15) is 65.1 Å². The Labute approximate surface area is 211 Å². The quantitative estimate of drug-likeness (QED) is 0.511. The number of nitrogens with one attached hydrogen (secondary N) is 1. The van der Waals surface area contributed by atoms with E-state index in [4.69, 9.17) is 5.26 Å². The minimum absolute atomic E-state index is 0.0265. The van der Waals surface area contributed by atoms with Gasteiger partial charge in [0.05, 0.1) is 29.1 Å². The van der Waals surface area contributed by atoms with Crippen molar-refractivity contribution in [1.82, 2.24) is 14.5 Å². The minimum atomic E-state index is -4.75. The summed E-state index contributed by atoms with van der Waals surface area (Å²) in [6.07, 6.45) is 1.81. The summed E-state index contributed by atoms with van der Waals surface area (Å²) < 4.78 is 45.1. The van der Waals surface area contributed by atoms with Crippen molar-refractivity contribution in [3.8, 4) is 6.07 Å². The normalized spacial score (nSPS) is 16.6. The predicted octanol–water partition coefficient (Wildman–Crippen LogP) is 5.22. The van der Waals surface area contributed by atoms with Crippen LogP contribution in [0.5, 0.6) is 0 Å². The molecule has 0 bridgehead atoms. The van der Waals surface area contributed by atoms with E-state index in [1.807, 2.05) is 11.0 Å². The van der Waals surface area contributed by atoms with Crippen LogP contribution in [0.3, 0.4) is 0 Å². The predicted molar refractivity (Wildman–Crippen MR) is 131 cm³/mol. The van der Waals surface area contributed by atoms with Gasteiger partial charge in [-0.1, -0.05) is 6.07 Å². The summed E-state index contributed by atoms with van der Waals surface area (Å²) >= 11 is 0. The molecule has 10 heteroatoms. The molecule has 2 amide bonds. The highest BCUT2D eigenvalue weighted by Crippen LogP contribution is 2.44. The van der Waals surface area contributed by atoms with Crippen LogP contribution in [-0.4, -0.2) is 39.4 Å². The molecule has 1 N–H and O–H groups in total. The second-order valence-electron chi connectivity index (χ2n) is 9.89. The summed E-state index contributed by atoms with van der Waals surface area (Å²) in [6.45, 7) is 1.01. The Kier molecular flexibility index (Phi) is 6.40. The molecular formula is C27H26F3N5O2. The number of carbonyl (C=O) groups excluding carboxylic acids is 2. The number of pyridine rings is 1. The maximum absolute atomic E-state index is 14.5. The summed E-state index contributed by atoms with van der Waals surface area (Å²) in [7, 11) is 1.65. The molecule has 1 saturated heterocycles. The average molecular weight is 510 g/mol. The largest absolute Gasteiger partial charge is 0.419 e. The number of aromatic nitrogens is 2. The van der Waals surface area contributed by atoms with Gasteiger partial charge in [0.15, 0.2) is 0 Å². The van der Waals surface area contributed by atoms with Crippen LogP contribution < -0.4 is 5.32 Å². The molecule has 3 aromatic rings. The fourth-order valence-corrected chi connectivity index (χ4v) is 5.14. The van der Waals surface area contributed by atoms with E-state index < -0.39 is 23.3 Å². The first-order valence-electron chi connectivity index (χ1n) is 12.3. The van der Waals surface area contributed by atoms with Crippen molar-refractivity contribution in [2.24, 2.45) is 13.0 Å². The van der Waals surface area contributed by atoms with Gasteiger partial charge in [-0.05, 0) is 61.3 Å². The van der Waals surface area contributed by atoms with E-state index in [1.165, 1.54) is 24.3 Å². The monoisotopic (exact) mass is 509 g/mol. The van der Waals surface area contributed by atoms with E-state index in [1.54, 1.807) is 17.8 Å². The second-order valence-corrected chi connectivity index (χ2v) is 9.89. The van der Waals surface area contributed by atoms with Crippen molar-refractivity contribution < 1.29 is 22.8 Å². The van der Waals surface area contributed by atoms with Crippen LogP contribution in [0.15, 0.2) is 36.7 Å². The van der Waals surface area contributed by atoms with Crippen molar-refractivity contribution >= 4 is 28.5 Å². The zero-order valence-corrected chi connectivity index (χ0v) is 20.3. The van der Waals surface area contributed by atoms with E-state index in [2.05, 4.69) is 10.3 Å². The number of hydrogen-bond acceptors (Lipinski definition) is 4. The van der Waals surface area contributed by atoms with Crippen LogP contribution in [0.4, 0.5) is 18.9 Å². The van der Waals surface area contributed by atoms with E-state index in [9.17, 15) is 22.8 Å². The van der Waals surface area contributed by atoms with Crippen molar-refractivity contribution in [3.05, 3.63) is 58.9 Å². The third-order valence-corrected chi connectivity index (χ3v) is 7.25. The van der Waals surface area contributed by atoms with Gasteiger partial charge in [-0.15, -0.1) is 0 Å². The summed E-state index contributed by atoms with van der Waals surface area (Å²) in [5.41, 5.74) is -0.372. The van der Waals surface area contributed by atoms with Crippen molar-refractivity contribution in [2.45, 2.75) is 44.2 Å². The van der Waals surface area contributed by atoms with Crippen LogP contribution in [-0.2, 0) is 18.0 Å². The van der Waals surface area contributed by atoms with Gasteiger partial charge in [-0.2, -0.15) is 18.4 Å². The molecular weight excluding hydrogens is 483 g/mol. The molecule has 2 fully saturated rings. The summed E-state index contributed by atoms with van der Waals surface area (Å²) in [6, 6.07) is 7.67. The smallest absolute Gasteiger partial charge is 0.343 e. The Bertz CT molecular complexity index is 1410. The molecule has 0 radical (unpaired) electrons. The Hall–Kier alpha value is -3.87. The SMILES string of the molecule is Cn1cc(C2CCN(C(=O)CC3CC3)CC2)c2c(C(F)(F)F)c(NC(=O)c3cccc(C#N)c3)cnc21. The summed E-state index contributed by atoms with van der Waals surface area (Å²) in [4.78, 5) is 31.4. The third-order valence-electron chi connectivity index (χ3n) is 7.25. The Balaban J connectivity index is 1.48. The maximum Gasteiger partial charge on any atom is 0.419 e. The first-order chi connectivity index (χ1) is 17.7. The van der Waals surface area contributed by atoms with Gasteiger partial charge in [-0.3, -0.25) is 9.59 Å². The van der Waals surface area contributed by atoms with Crippen LogP contribution in [0.25, 0.3) is 11.0 Å². The van der Waals surface area contributed by atoms with E-state index in [0.29, 0.717) is 43.8 Å². The standard InChI is InChI=1S/C27H26F3N5O2/c1-34-15-20(18-7-9-35(10-8-18)22(36)12-16-5-6-16)23-24(27(28,29)30)21(14-32-25(23)34)33-26(37)19-4-2-3-17(11-19)13-31/h2-4,11,14-16,18H,5-10,12H2,1H3,(H,33,37). The molecule has 0 atom stereocenters. The Morgan fingerprint density at radius 1 is 1.19 bits per heavy atom. The molecule has 5 rings (SSSR count). The number of carbonyl (C=O) groups is 2. The van der Waals surface area contributed by atoms with Crippen molar-refractivity contribution in [3.63, 3.8) is 0 Å². The molecule has 0 unspecified atom stereocenters.